The lowest BCUT2D eigenvalue weighted by Gasteiger charge is -2.19. The van der Waals surface area contributed by atoms with Gasteiger partial charge >= 0.3 is 0 Å². The molecule has 26 heavy (non-hydrogen) atoms. The zero-order chi connectivity index (χ0) is 19.3. The number of hydrogen-bond donors (Lipinski definition) is 1. The van der Waals surface area contributed by atoms with Crippen LogP contribution in [0.3, 0.4) is 0 Å². The van der Waals surface area contributed by atoms with Gasteiger partial charge in [0.1, 0.15) is 0 Å². The maximum absolute atomic E-state index is 12.8. The topological polar surface area (TPSA) is 63.2 Å². The van der Waals surface area contributed by atoms with Gasteiger partial charge in [0, 0.05) is 16.4 Å². The molecule has 0 saturated heterocycles. The summed E-state index contributed by atoms with van der Waals surface area (Å²) in [5, 5.41) is 3.45. The minimum absolute atomic E-state index is 0.118. The second-order valence-corrected chi connectivity index (χ2v) is 10.1. The number of carbonyl (C=O) groups is 1. The molecule has 0 radical (unpaired) electrons. The van der Waals surface area contributed by atoms with Gasteiger partial charge in [0.15, 0.2) is 9.84 Å². The minimum atomic E-state index is -3.23. The van der Waals surface area contributed by atoms with Gasteiger partial charge in [0.2, 0.25) is 0 Å². The number of rotatable bonds is 7. The van der Waals surface area contributed by atoms with E-state index in [1.807, 2.05) is 31.2 Å². The molecule has 1 amide bonds. The molecule has 0 fully saturated rings. The molecule has 1 atom stereocenters. The van der Waals surface area contributed by atoms with Gasteiger partial charge in [0.25, 0.3) is 5.91 Å². The number of carbonyl (C=O) groups excluding carboxylic acids is 1. The molecular formula is C20H25NO3S2. The molecule has 0 aromatic heterocycles. The third-order valence-electron chi connectivity index (χ3n) is 3.92. The van der Waals surface area contributed by atoms with Crippen LogP contribution in [0.5, 0.6) is 0 Å². The van der Waals surface area contributed by atoms with Crippen LogP contribution in [0.2, 0.25) is 0 Å². The lowest BCUT2D eigenvalue weighted by atomic mass is 10.0. The Morgan fingerprint density at radius 1 is 1.08 bits per heavy atom. The molecule has 0 saturated carbocycles. The monoisotopic (exact) mass is 391 g/mol. The first kappa shape index (κ1) is 20.5. The van der Waals surface area contributed by atoms with Gasteiger partial charge in [-0.25, -0.2) is 8.42 Å². The van der Waals surface area contributed by atoms with Crippen LogP contribution < -0.4 is 5.32 Å². The van der Waals surface area contributed by atoms with Gasteiger partial charge in [-0.3, -0.25) is 4.79 Å². The molecule has 0 unspecified atom stereocenters. The van der Waals surface area contributed by atoms with E-state index in [1.165, 1.54) is 6.26 Å². The highest BCUT2D eigenvalue weighted by molar-refractivity contribution is 8.00. The number of thioether (sulfide) groups is 1. The van der Waals surface area contributed by atoms with E-state index in [4.69, 9.17) is 0 Å². The van der Waals surface area contributed by atoms with Crippen LogP contribution in [0.1, 0.15) is 49.2 Å². The first-order chi connectivity index (χ1) is 12.2. The van der Waals surface area contributed by atoms with Gasteiger partial charge in [-0.05, 0) is 36.2 Å². The summed E-state index contributed by atoms with van der Waals surface area (Å²) in [7, 11) is -3.23. The fraction of sp³-hybridized carbons (Fsp3) is 0.350. The van der Waals surface area contributed by atoms with E-state index < -0.39 is 9.84 Å². The van der Waals surface area contributed by atoms with Crippen molar-refractivity contribution in [3.8, 4) is 0 Å². The Hall–Kier alpha value is -1.79. The van der Waals surface area contributed by atoms with Crippen LogP contribution >= 0.6 is 11.8 Å². The summed E-state index contributed by atoms with van der Waals surface area (Å²) in [5.41, 5.74) is 1.56. The number of amides is 1. The van der Waals surface area contributed by atoms with Crippen LogP contribution in [0.15, 0.2) is 58.3 Å². The van der Waals surface area contributed by atoms with Crippen molar-refractivity contribution >= 4 is 27.5 Å². The van der Waals surface area contributed by atoms with Crippen molar-refractivity contribution in [2.45, 2.75) is 48.3 Å². The summed E-state index contributed by atoms with van der Waals surface area (Å²) >= 11 is 1.66. The van der Waals surface area contributed by atoms with E-state index in [-0.39, 0.29) is 16.8 Å². The first-order valence-corrected chi connectivity index (χ1v) is 11.4. The molecule has 0 heterocycles. The molecule has 4 nitrogen and oxygen atoms in total. The second kappa shape index (κ2) is 8.73. The van der Waals surface area contributed by atoms with Crippen molar-refractivity contribution in [1.82, 2.24) is 5.32 Å². The third-order valence-corrected chi connectivity index (χ3v) is 6.13. The van der Waals surface area contributed by atoms with Gasteiger partial charge in [-0.1, -0.05) is 45.0 Å². The lowest BCUT2D eigenvalue weighted by molar-refractivity contribution is 0.0932. The number of hydrogen-bond acceptors (Lipinski definition) is 4. The maximum atomic E-state index is 12.8. The Kier molecular flexibility index (Phi) is 6.89. The molecule has 6 heteroatoms. The van der Waals surface area contributed by atoms with E-state index in [9.17, 15) is 13.2 Å². The predicted octanol–water partition coefficient (Wildman–Crippen LogP) is 4.47. The Bertz CT molecular complexity index is 859. The molecule has 0 aliphatic carbocycles. The van der Waals surface area contributed by atoms with Crippen LogP contribution in [0.25, 0.3) is 0 Å². The van der Waals surface area contributed by atoms with Gasteiger partial charge in [0.05, 0.1) is 16.5 Å². The summed E-state index contributed by atoms with van der Waals surface area (Å²) in [6, 6.07) is 14.1. The largest absolute Gasteiger partial charge is 0.345 e. The summed E-state index contributed by atoms with van der Waals surface area (Å²) in [5.74, 6) is -0.118. The average Bonchev–Trinajstić information content (AvgIpc) is 2.59. The van der Waals surface area contributed by atoms with Crippen molar-refractivity contribution in [3.63, 3.8) is 0 Å². The molecule has 1 N–H and O–H groups in total. The smallest absolute Gasteiger partial charge is 0.252 e. The van der Waals surface area contributed by atoms with Crippen molar-refractivity contribution in [2.24, 2.45) is 0 Å². The van der Waals surface area contributed by atoms with E-state index in [1.54, 1.807) is 36.0 Å². The fourth-order valence-electron chi connectivity index (χ4n) is 2.62. The minimum Gasteiger partial charge on any atom is -0.345 e. The van der Waals surface area contributed by atoms with Crippen LogP contribution in [0, 0.1) is 0 Å². The average molecular weight is 392 g/mol. The Labute approximate surface area is 160 Å². The lowest BCUT2D eigenvalue weighted by Crippen LogP contribution is -2.28. The number of sulfone groups is 1. The Balaban J connectivity index is 2.21. The summed E-state index contributed by atoms with van der Waals surface area (Å²) in [4.78, 5) is 14.0. The number of nitrogens with one attached hydrogen (secondary N) is 1. The quantitative estimate of drug-likeness (QED) is 0.707. The normalized spacial score (nSPS) is 12.8. The van der Waals surface area contributed by atoms with Crippen molar-refractivity contribution in [2.75, 3.05) is 6.26 Å². The van der Waals surface area contributed by atoms with Crippen LogP contribution in [-0.2, 0) is 9.84 Å². The van der Waals surface area contributed by atoms with E-state index in [0.29, 0.717) is 17.2 Å². The summed E-state index contributed by atoms with van der Waals surface area (Å²) in [6.07, 6.45) is 1.90. The predicted molar refractivity (Wildman–Crippen MR) is 107 cm³/mol. The second-order valence-electron chi connectivity index (χ2n) is 6.44. The Morgan fingerprint density at radius 2 is 1.69 bits per heavy atom. The van der Waals surface area contributed by atoms with Crippen molar-refractivity contribution < 1.29 is 13.2 Å². The fourth-order valence-corrected chi connectivity index (χ4v) is 4.20. The van der Waals surface area contributed by atoms with Crippen molar-refractivity contribution in [1.29, 1.82) is 0 Å². The molecule has 2 aromatic carbocycles. The molecule has 0 bridgehead atoms. The van der Waals surface area contributed by atoms with Gasteiger partial charge < -0.3 is 5.32 Å². The maximum Gasteiger partial charge on any atom is 0.252 e. The highest BCUT2D eigenvalue weighted by Crippen LogP contribution is 2.27. The molecular weight excluding hydrogens is 366 g/mol. The molecule has 0 aliphatic rings. The first-order valence-electron chi connectivity index (χ1n) is 8.59. The molecule has 2 rings (SSSR count). The van der Waals surface area contributed by atoms with Gasteiger partial charge in [-0.15, -0.1) is 11.8 Å². The summed E-state index contributed by atoms with van der Waals surface area (Å²) < 4.78 is 23.2. The van der Waals surface area contributed by atoms with Crippen molar-refractivity contribution in [3.05, 3.63) is 59.7 Å². The van der Waals surface area contributed by atoms with E-state index in [2.05, 4.69) is 19.2 Å². The molecule has 2 aromatic rings. The summed E-state index contributed by atoms with van der Waals surface area (Å²) in [6.45, 7) is 6.18. The zero-order valence-electron chi connectivity index (χ0n) is 15.5. The highest BCUT2D eigenvalue weighted by Gasteiger charge is 2.18. The zero-order valence-corrected chi connectivity index (χ0v) is 17.2. The standard InChI is InChI=1S/C20H25NO3S2/c1-5-18(15-10-12-16(13-11-15)26(4,23)24)21-20(22)17-8-6-7-9-19(17)25-14(2)3/h6-14,18H,5H2,1-4H3,(H,21,22)/t18-/m1/s1. The SMILES string of the molecule is CC[C@@H](NC(=O)c1ccccc1SC(C)C)c1ccc(S(C)(=O)=O)cc1. The number of benzene rings is 2. The molecule has 140 valence electrons. The molecule has 0 spiro atoms. The van der Waals surface area contributed by atoms with Crippen LogP contribution in [0.4, 0.5) is 0 Å². The van der Waals surface area contributed by atoms with Gasteiger partial charge in [-0.2, -0.15) is 0 Å². The Morgan fingerprint density at radius 3 is 2.23 bits per heavy atom. The van der Waals surface area contributed by atoms with E-state index in [0.717, 1.165) is 10.5 Å². The van der Waals surface area contributed by atoms with Crippen LogP contribution in [-0.4, -0.2) is 25.8 Å². The molecule has 0 aliphatic heterocycles. The third kappa shape index (κ3) is 5.35. The highest BCUT2D eigenvalue weighted by atomic mass is 32.2. The van der Waals surface area contributed by atoms with E-state index >= 15 is 0 Å².